The van der Waals surface area contributed by atoms with E-state index in [0.29, 0.717) is 0 Å². The minimum atomic E-state index is 1.00. The van der Waals surface area contributed by atoms with Crippen molar-refractivity contribution in [2.45, 2.75) is 32.1 Å². The second-order valence-corrected chi connectivity index (χ2v) is 6.13. The molecular formula is C18H22N4. The van der Waals surface area contributed by atoms with Crippen molar-refractivity contribution in [3.63, 3.8) is 0 Å². The van der Waals surface area contributed by atoms with Gasteiger partial charge in [-0.3, -0.25) is 5.10 Å². The number of benzene rings is 1. The van der Waals surface area contributed by atoms with Gasteiger partial charge in [0.15, 0.2) is 0 Å². The zero-order valence-electron chi connectivity index (χ0n) is 12.8. The van der Waals surface area contributed by atoms with Gasteiger partial charge in [0.1, 0.15) is 5.82 Å². The lowest BCUT2D eigenvalue weighted by molar-refractivity contribution is 0.573. The standard InChI is InChI=1S/C18H22N4/c1-4-12-22(13-5-1)18-16(9-8-14-10-11-19-21-14)15-6-2-3-7-17(15)20-18/h2-3,6-7,10-11,20H,1,4-5,8-9,12-13H2,(H,19,21). The largest absolute Gasteiger partial charge is 0.358 e. The predicted molar refractivity (Wildman–Crippen MR) is 90.4 cm³/mol. The molecule has 4 nitrogen and oxygen atoms in total. The zero-order chi connectivity index (χ0) is 14.8. The summed E-state index contributed by atoms with van der Waals surface area (Å²) in [6.45, 7) is 2.34. The Bertz CT molecular complexity index is 736. The number of hydrogen-bond donors (Lipinski definition) is 2. The maximum Gasteiger partial charge on any atom is 0.110 e. The first kappa shape index (κ1) is 13.4. The second kappa shape index (κ2) is 5.87. The van der Waals surface area contributed by atoms with Crippen LogP contribution in [-0.2, 0) is 12.8 Å². The molecule has 0 radical (unpaired) electrons. The number of rotatable bonds is 4. The highest BCUT2D eigenvalue weighted by atomic mass is 15.2. The van der Waals surface area contributed by atoms with Gasteiger partial charge in [0, 0.05) is 41.4 Å². The van der Waals surface area contributed by atoms with Crippen LogP contribution in [0, 0.1) is 0 Å². The van der Waals surface area contributed by atoms with E-state index in [1.165, 1.54) is 60.3 Å². The summed E-state index contributed by atoms with van der Waals surface area (Å²) in [7, 11) is 0. The fraction of sp³-hybridized carbons (Fsp3) is 0.389. The van der Waals surface area contributed by atoms with Crippen molar-refractivity contribution in [1.82, 2.24) is 15.2 Å². The third-order valence-corrected chi connectivity index (χ3v) is 4.67. The summed E-state index contributed by atoms with van der Waals surface area (Å²) in [5, 5.41) is 8.49. The molecule has 1 fully saturated rings. The van der Waals surface area contributed by atoms with Gasteiger partial charge in [-0.25, -0.2) is 0 Å². The molecule has 0 spiro atoms. The van der Waals surface area contributed by atoms with E-state index in [9.17, 15) is 0 Å². The van der Waals surface area contributed by atoms with Gasteiger partial charge < -0.3 is 9.88 Å². The molecule has 0 unspecified atom stereocenters. The fourth-order valence-corrected chi connectivity index (χ4v) is 3.51. The maximum atomic E-state index is 4.05. The van der Waals surface area contributed by atoms with Gasteiger partial charge in [-0.15, -0.1) is 0 Å². The lowest BCUT2D eigenvalue weighted by Gasteiger charge is -2.28. The molecule has 4 rings (SSSR count). The van der Waals surface area contributed by atoms with Crippen LogP contribution in [0.4, 0.5) is 5.82 Å². The Labute approximate surface area is 130 Å². The van der Waals surface area contributed by atoms with Crippen LogP contribution >= 0.6 is 0 Å². The third kappa shape index (κ3) is 2.49. The van der Waals surface area contributed by atoms with Crippen molar-refractivity contribution in [2.24, 2.45) is 0 Å². The Morgan fingerprint density at radius 1 is 1.00 bits per heavy atom. The van der Waals surface area contributed by atoms with Crippen LogP contribution in [0.5, 0.6) is 0 Å². The third-order valence-electron chi connectivity index (χ3n) is 4.67. The van der Waals surface area contributed by atoms with Crippen LogP contribution in [0.1, 0.15) is 30.5 Å². The monoisotopic (exact) mass is 294 g/mol. The molecular weight excluding hydrogens is 272 g/mol. The molecule has 22 heavy (non-hydrogen) atoms. The molecule has 1 saturated heterocycles. The lowest BCUT2D eigenvalue weighted by Crippen LogP contribution is -2.30. The first-order valence-electron chi connectivity index (χ1n) is 8.24. The topological polar surface area (TPSA) is 47.7 Å². The molecule has 0 atom stereocenters. The molecule has 0 aliphatic carbocycles. The van der Waals surface area contributed by atoms with Crippen LogP contribution in [0.25, 0.3) is 10.9 Å². The van der Waals surface area contributed by atoms with Crippen LogP contribution in [0.2, 0.25) is 0 Å². The molecule has 0 bridgehead atoms. The number of para-hydroxylation sites is 1. The van der Waals surface area contributed by atoms with E-state index in [2.05, 4.69) is 50.4 Å². The molecule has 0 saturated carbocycles. The number of nitrogens with zero attached hydrogens (tertiary/aromatic N) is 2. The number of aromatic amines is 2. The molecule has 0 amide bonds. The molecule has 3 heterocycles. The van der Waals surface area contributed by atoms with Gasteiger partial charge in [0.2, 0.25) is 0 Å². The van der Waals surface area contributed by atoms with Crippen molar-refractivity contribution in [3.05, 3.63) is 47.8 Å². The van der Waals surface area contributed by atoms with Crippen molar-refractivity contribution in [3.8, 4) is 0 Å². The smallest absolute Gasteiger partial charge is 0.110 e. The molecule has 4 heteroatoms. The summed E-state index contributed by atoms with van der Waals surface area (Å²) in [6.07, 6.45) is 7.84. The van der Waals surface area contributed by atoms with Gasteiger partial charge >= 0.3 is 0 Å². The van der Waals surface area contributed by atoms with Crippen LogP contribution in [0.15, 0.2) is 36.5 Å². The van der Waals surface area contributed by atoms with Crippen molar-refractivity contribution >= 4 is 16.7 Å². The average Bonchev–Trinajstić information content (AvgIpc) is 3.21. The molecule has 1 aliphatic heterocycles. The molecule has 2 aromatic heterocycles. The first-order valence-corrected chi connectivity index (χ1v) is 8.24. The van der Waals surface area contributed by atoms with Gasteiger partial charge in [0.25, 0.3) is 0 Å². The highest BCUT2D eigenvalue weighted by molar-refractivity contribution is 5.89. The van der Waals surface area contributed by atoms with Crippen molar-refractivity contribution in [1.29, 1.82) is 0 Å². The van der Waals surface area contributed by atoms with E-state index in [4.69, 9.17) is 0 Å². The van der Waals surface area contributed by atoms with E-state index >= 15 is 0 Å². The number of hydrogen-bond acceptors (Lipinski definition) is 2. The summed E-state index contributed by atoms with van der Waals surface area (Å²) < 4.78 is 0. The van der Waals surface area contributed by atoms with Crippen LogP contribution in [0.3, 0.4) is 0 Å². The number of H-pyrrole nitrogens is 2. The van der Waals surface area contributed by atoms with E-state index in [1.807, 2.05) is 6.20 Å². The highest BCUT2D eigenvalue weighted by Crippen LogP contribution is 2.31. The predicted octanol–water partition coefficient (Wildman–Crippen LogP) is 3.67. The Kier molecular flexibility index (Phi) is 3.59. The summed E-state index contributed by atoms with van der Waals surface area (Å²) >= 11 is 0. The molecule has 1 aliphatic rings. The van der Waals surface area contributed by atoms with Gasteiger partial charge in [-0.1, -0.05) is 18.2 Å². The Morgan fingerprint density at radius 3 is 2.68 bits per heavy atom. The number of aryl methyl sites for hydroxylation is 2. The van der Waals surface area contributed by atoms with Crippen LogP contribution < -0.4 is 4.90 Å². The quantitative estimate of drug-likeness (QED) is 0.771. The van der Waals surface area contributed by atoms with E-state index < -0.39 is 0 Å². The molecule has 3 aromatic rings. The number of piperidine rings is 1. The zero-order valence-corrected chi connectivity index (χ0v) is 12.8. The normalized spacial score (nSPS) is 15.5. The van der Waals surface area contributed by atoms with Crippen LogP contribution in [-0.4, -0.2) is 28.3 Å². The van der Waals surface area contributed by atoms with Gasteiger partial charge in [-0.05, 0) is 44.2 Å². The second-order valence-electron chi connectivity index (χ2n) is 6.13. The van der Waals surface area contributed by atoms with Crippen molar-refractivity contribution in [2.75, 3.05) is 18.0 Å². The molecule has 114 valence electrons. The number of anilines is 1. The number of nitrogens with one attached hydrogen (secondary N) is 2. The minimum Gasteiger partial charge on any atom is -0.358 e. The fourth-order valence-electron chi connectivity index (χ4n) is 3.51. The minimum absolute atomic E-state index is 1.00. The van der Waals surface area contributed by atoms with Gasteiger partial charge in [0.05, 0.1) is 0 Å². The first-order chi connectivity index (χ1) is 10.9. The highest BCUT2D eigenvalue weighted by Gasteiger charge is 2.18. The van der Waals surface area contributed by atoms with E-state index in [-0.39, 0.29) is 0 Å². The van der Waals surface area contributed by atoms with E-state index in [0.717, 1.165) is 12.8 Å². The Balaban J connectivity index is 1.69. The summed E-state index contributed by atoms with van der Waals surface area (Å²) in [5.74, 6) is 1.33. The Hall–Kier alpha value is -2.23. The average molecular weight is 294 g/mol. The number of fused-ring (bicyclic) bond motifs is 1. The lowest BCUT2D eigenvalue weighted by atomic mass is 10.0. The molecule has 2 N–H and O–H groups in total. The Morgan fingerprint density at radius 2 is 1.86 bits per heavy atom. The molecule has 1 aromatic carbocycles. The summed E-state index contributed by atoms with van der Waals surface area (Å²) in [6, 6.07) is 10.7. The SMILES string of the molecule is c1ccc2c(CCc3ccn[nH]3)c(N3CCCCC3)[nH]c2c1. The van der Waals surface area contributed by atoms with Crippen molar-refractivity contribution < 1.29 is 0 Å². The number of aromatic nitrogens is 3. The van der Waals surface area contributed by atoms with E-state index in [1.54, 1.807) is 0 Å². The summed E-state index contributed by atoms with van der Waals surface area (Å²) in [4.78, 5) is 6.20. The summed E-state index contributed by atoms with van der Waals surface area (Å²) in [5.41, 5.74) is 3.91. The van der Waals surface area contributed by atoms with Gasteiger partial charge in [-0.2, -0.15) is 5.10 Å². The maximum absolute atomic E-state index is 4.05.